The summed E-state index contributed by atoms with van der Waals surface area (Å²) in [5.74, 6) is 0.860. The zero-order valence-electron chi connectivity index (χ0n) is 9.41. The van der Waals surface area contributed by atoms with Crippen LogP contribution in [0.5, 0.6) is 0 Å². The van der Waals surface area contributed by atoms with Crippen LogP contribution in [0.4, 0.5) is 5.82 Å². The van der Waals surface area contributed by atoms with E-state index in [4.69, 9.17) is 23.2 Å². The Hall–Kier alpha value is -0.690. The number of H-pyrrole nitrogens is 1. The molecule has 0 aliphatic carbocycles. The number of benzene rings is 1. The average molecular weight is 381 g/mol. The highest BCUT2D eigenvalue weighted by Gasteiger charge is 2.03. The normalized spacial score (nSPS) is 10.5. The maximum atomic E-state index is 11.5. The van der Waals surface area contributed by atoms with Gasteiger partial charge in [-0.2, -0.15) is 0 Å². The summed E-state index contributed by atoms with van der Waals surface area (Å²) in [5, 5.41) is 1.17. The number of nitrogens with zero attached hydrogens (tertiary/aromatic N) is 1. The fraction of sp³-hybridized carbons (Fsp3) is 0.0909. The molecule has 2 aromatic rings. The molecule has 1 aromatic heterocycles. The van der Waals surface area contributed by atoms with Crippen LogP contribution in [-0.4, -0.2) is 9.97 Å². The maximum Gasteiger partial charge on any atom is 0.292 e. The van der Waals surface area contributed by atoms with E-state index in [1.54, 1.807) is 6.07 Å². The third kappa shape index (κ3) is 4.42. The molecule has 100 valence electrons. The van der Waals surface area contributed by atoms with Gasteiger partial charge < -0.3 is 9.71 Å². The lowest BCUT2D eigenvalue weighted by molar-refractivity contribution is 1.12. The minimum absolute atomic E-state index is 0.251. The van der Waals surface area contributed by atoms with E-state index < -0.39 is 0 Å². The van der Waals surface area contributed by atoms with Gasteiger partial charge in [0.2, 0.25) is 5.82 Å². The van der Waals surface area contributed by atoms with Crippen LogP contribution in [0.1, 0.15) is 5.56 Å². The molecule has 19 heavy (non-hydrogen) atoms. The van der Waals surface area contributed by atoms with Gasteiger partial charge in [0.25, 0.3) is 5.56 Å². The van der Waals surface area contributed by atoms with E-state index in [0.717, 1.165) is 5.56 Å². The van der Waals surface area contributed by atoms with Crippen LogP contribution in [0.2, 0.25) is 10.0 Å². The van der Waals surface area contributed by atoms with Crippen molar-refractivity contribution >= 4 is 56.9 Å². The van der Waals surface area contributed by atoms with Crippen molar-refractivity contribution in [3.05, 3.63) is 55.0 Å². The van der Waals surface area contributed by atoms with Gasteiger partial charge in [0.05, 0.1) is 6.20 Å². The first kappa shape index (κ1) is 14.7. The summed E-state index contributed by atoms with van der Waals surface area (Å²) in [5.41, 5.74) is 0.676. The van der Waals surface area contributed by atoms with Crippen molar-refractivity contribution in [2.75, 3.05) is 4.72 Å². The summed E-state index contributed by atoms with van der Waals surface area (Å²) in [6.07, 6.45) is 1.51. The van der Waals surface area contributed by atoms with Crippen molar-refractivity contribution < 1.29 is 0 Å². The van der Waals surface area contributed by atoms with E-state index in [1.165, 1.54) is 18.1 Å². The fourth-order valence-electron chi connectivity index (χ4n) is 1.33. The SMILES string of the molecule is O=c1[nH]c(Br)cnc1NSCc1cc(Cl)cc(Cl)c1. The molecular weight excluding hydrogens is 373 g/mol. The van der Waals surface area contributed by atoms with Gasteiger partial charge in [0.15, 0.2) is 0 Å². The predicted molar refractivity (Wildman–Crippen MR) is 83.9 cm³/mol. The van der Waals surface area contributed by atoms with Gasteiger partial charge in [0, 0.05) is 15.8 Å². The van der Waals surface area contributed by atoms with E-state index in [-0.39, 0.29) is 11.4 Å². The lowest BCUT2D eigenvalue weighted by Crippen LogP contribution is -2.12. The highest BCUT2D eigenvalue weighted by atomic mass is 79.9. The van der Waals surface area contributed by atoms with Gasteiger partial charge in [-0.15, -0.1) is 0 Å². The summed E-state index contributed by atoms with van der Waals surface area (Å²) in [6.45, 7) is 0. The van der Waals surface area contributed by atoms with Crippen LogP contribution in [0.15, 0.2) is 33.8 Å². The second-order valence-electron chi connectivity index (χ2n) is 3.58. The van der Waals surface area contributed by atoms with Gasteiger partial charge >= 0.3 is 0 Å². The minimum Gasteiger partial charge on any atom is -0.312 e. The first-order valence-corrected chi connectivity index (χ1v) is 7.65. The molecular formula is C11H8BrCl2N3OS. The Morgan fingerprint density at radius 2 is 2.00 bits per heavy atom. The fourth-order valence-corrected chi connectivity index (χ4v) is 2.88. The number of aromatic amines is 1. The molecule has 0 bridgehead atoms. The molecule has 0 saturated heterocycles. The van der Waals surface area contributed by atoms with Gasteiger partial charge in [-0.25, -0.2) is 4.98 Å². The van der Waals surface area contributed by atoms with Crippen LogP contribution >= 0.6 is 51.1 Å². The molecule has 1 heterocycles. The standard InChI is InChI=1S/C11H8BrCl2N3OS/c12-9-4-15-10(11(18)16-9)17-19-5-6-1-7(13)3-8(14)2-6/h1-4H,5H2,(H,15,17)(H,16,18). The molecule has 1 aromatic carbocycles. The van der Waals surface area contributed by atoms with Crippen molar-refractivity contribution in [2.45, 2.75) is 5.75 Å². The highest BCUT2D eigenvalue weighted by Crippen LogP contribution is 2.22. The van der Waals surface area contributed by atoms with E-state index in [2.05, 4.69) is 30.6 Å². The van der Waals surface area contributed by atoms with Gasteiger partial charge in [-0.3, -0.25) is 4.79 Å². The number of hydrogen-bond acceptors (Lipinski definition) is 4. The monoisotopic (exact) mass is 379 g/mol. The van der Waals surface area contributed by atoms with E-state index in [1.807, 2.05) is 12.1 Å². The summed E-state index contributed by atoms with van der Waals surface area (Å²) >= 11 is 16.3. The molecule has 4 nitrogen and oxygen atoms in total. The summed E-state index contributed by atoms with van der Waals surface area (Å²) in [6, 6.07) is 5.31. The number of anilines is 1. The Labute approximate surface area is 132 Å². The Bertz CT molecular complexity index is 630. The van der Waals surface area contributed by atoms with Crippen molar-refractivity contribution in [2.24, 2.45) is 0 Å². The molecule has 0 spiro atoms. The molecule has 0 atom stereocenters. The zero-order valence-corrected chi connectivity index (χ0v) is 13.3. The number of nitrogens with one attached hydrogen (secondary N) is 2. The molecule has 0 aliphatic heterocycles. The molecule has 0 unspecified atom stereocenters. The lowest BCUT2D eigenvalue weighted by Gasteiger charge is -2.05. The molecule has 2 rings (SSSR count). The summed E-state index contributed by atoms with van der Waals surface area (Å²) in [4.78, 5) is 18.1. The second-order valence-corrected chi connectivity index (χ2v) is 6.09. The smallest absolute Gasteiger partial charge is 0.292 e. The second kappa shape index (κ2) is 6.65. The van der Waals surface area contributed by atoms with E-state index in [9.17, 15) is 4.79 Å². The highest BCUT2D eigenvalue weighted by molar-refractivity contribution is 9.10. The van der Waals surface area contributed by atoms with Crippen LogP contribution in [0.25, 0.3) is 0 Å². The number of halogens is 3. The topological polar surface area (TPSA) is 57.8 Å². The quantitative estimate of drug-likeness (QED) is 0.784. The van der Waals surface area contributed by atoms with Gasteiger partial charge in [0.1, 0.15) is 4.60 Å². The largest absolute Gasteiger partial charge is 0.312 e. The Morgan fingerprint density at radius 1 is 1.32 bits per heavy atom. The zero-order chi connectivity index (χ0) is 13.8. The number of hydrogen-bond donors (Lipinski definition) is 2. The molecule has 0 amide bonds. The average Bonchev–Trinajstić information content (AvgIpc) is 2.30. The van der Waals surface area contributed by atoms with E-state index in [0.29, 0.717) is 20.4 Å². The molecule has 0 fully saturated rings. The van der Waals surface area contributed by atoms with Crippen LogP contribution < -0.4 is 10.3 Å². The summed E-state index contributed by atoms with van der Waals surface area (Å²) in [7, 11) is 0. The molecule has 0 aliphatic rings. The number of rotatable bonds is 4. The minimum atomic E-state index is -0.286. The van der Waals surface area contributed by atoms with Crippen molar-refractivity contribution in [3.8, 4) is 0 Å². The van der Waals surface area contributed by atoms with Crippen LogP contribution in [0, 0.1) is 0 Å². The van der Waals surface area contributed by atoms with Crippen LogP contribution in [-0.2, 0) is 5.75 Å². The summed E-state index contributed by atoms with van der Waals surface area (Å²) < 4.78 is 3.42. The third-order valence-electron chi connectivity index (χ3n) is 2.09. The van der Waals surface area contributed by atoms with E-state index >= 15 is 0 Å². The van der Waals surface area contributed by atoms with Crippen molar-refractivity contribution in [1.29, 1.82) is 0 Å². The molecule has 8 heteroatoms. The molecule has 0 saturated carbocycles. The predicted octanol–water partition coefficient (Wildman–Crippen LogP) is 4.10. The lowest BCUT2D eigenvalue weighted by atomic mass is 10.2. The van der Waals surface area contributed by atoms with Gasteiger partial charge in [-0.05, 0) is 51.6 Å². The maximum absolute atomic E-state index is 11.5. The number of aromatic nitrogens is 2. The molecule has 0 radical (unpaired) electrons. The van der Waals surface area contributed by atoms with Crippen molar-refractivity contribution in [3.63, 3.8) is 0 Å². The van der Waals surface area contributed by atoms with Crippen LogP contribution in [0.3, 0.4) is 0 Å². The Morgan fingerprint density at radius 3 is 2.63 bits per heavy atom. The Balaban J connectivity index is 1.98. The first-order valence-electron chi connectivity index (χ1n) is 5.12. The first-order chi connectivity index (χ1) is 9.04. The van der Waals surface area contributed by atoms with Crippen molar-refractivity contribution in [1.82, 2.24) is 9.97 Å². The molecule has 2 N–H and O–H groups in total. The van der Waals surface area contributed by atoms with Gasteiger partial charge in [-0.1, -0.05) is 23.2 Å². The Kier molecular flexibility index (Phi) is 5.15. The third-order valence-corrected chi connectivity index (χ3v) is 3.74.